The Balaban J connectivity index is 1.99. The highest BCUT2D eigenvalue weighted by molar-refractivity contribution is 5.11. The van der Waals surface area contributed by atoms with Crippen LogP contribution in [0.2, 0.25) is 0 Å². The van der Waals surface area contributed by atoms with Crippen LogP contribution >= 0.6 is 0 Å². The van der Waals surface area contributed by atoms with E-state index in [1.54, 1.807) is 0 Å². The number of allylic oxidation sites excluding steroid dienone is 1. The molecule has 1 spiro atoms. The quantitative estimate of drug-likeness (QED) is 0.510. The van der Waals surface area contributed by atoms with Gasteiger partial charge in [0, 0.05) is 11.8 Å². The first-order valence-corrected chi connectivity index (χ1v) is 4.86. The van der Waals surface area contributed by atoms with E-state index < -0.39 is 0 Å². The first kappa shape index (κ1) is 7.10. The minimum atomic E-state index is -0.186. The summed E-state index contributed by atoms with van der Waals surface area (Å²) in [5, 5.41) is 0. The summed E-state index contributed by atoms with van der Waals surface area (Å²) in [6.07, 6.45) is 8.25. The molecule has 3 aliphatic rings. The van der Waals surface area contributed by atoms with Gasteiger partial charge in [-0.05, 0) is 19.3 Å². The highest BCUT2D eigenvalue weighted by Gasteiger charge is 2.54. The Kier molecular flexibility index (Phi) is 1.38. The molecule has 1 aliphatic heterocycles. The number of ether oxygens (including phenoxy) is 2. The Morgan fingerprint density at radius 1 is 1.17 bits per heavy atom. The molecule has 0 amide bonds. The smallest absolute Gasteiger partial charge is 0.177 e. The molecule has 66 valence electrons. The summed E-state index contributed by atoms with van der Waals surface area (Å²) in [5.74, 6) is 0.989. The first-order chi connectivity index (χ1) is 5.92. The predicted octanol–water partition coefficient (Wildman–Crippen LogP) is 1.72. The highest BCUT2D eigenvalue weighted by Crippen LogP contribution is 2.51. The van der Waals surface area contributed by atoms with Crippen molar-refractivity contribution in [3.05, 3.63) is 12.2 Å². The van der Waals surface area contributed by atoms with Crippen LogP contribution in [-0.4, -0.2) is 19.0 Å². The second-order valence-electron chi connectivity index (χ2n) is 3.96. The third-order valence-corrected chi connectivity index (χ3v) is 3.44. The molecule has 2 aliphatic carbocycles. The highest BCUT2D eigenvalue weighted by atomic mass is 16.7. The lowest BCUT2D eigenvalue weighted by atomic mass is 9.88. The second kappa shape index (κ2) is 2.33. The lowest BCUT2D eigenvalue weighted by Gasteiger charge is -2.35. The van der Waals surface area contributed by atoms with Crippen molar-refractivity contribution in [3.63, 3.8) is 0 Å². The molecule has 12 heavy (non-hydrogen) atoms. The maximum Gasteiger partial charge on any atom is 0.177 e. The van der Waals surface area contributed by atoms with Gasteiger partial charge in [-0.25, -0.2) is 0 Å². The van der Waals surface area contributed by atoms with Crippen molar-refractivity contribution < 1.29 is 9.47 Å². The molecule has 3 rings (SSSR count). The van der Waals surface area contributed by atoms with E-state index >= 15 is 0 Å². The van der Waals surface area contributed by atoms with Gasteiger partial charge in [-0.2, -0.15) is 0 Å². The molecule has 1 saturated carbocycles. The zero-order chi connectivity index (χ0) is 8.02. The van der Waals surface area contributed by atoms with Crippen LogP contribution in [0.5, 0.6) is 0 Å². The largest absolute Gasteiger partial charge is 0.347 e. The fourth-order valence-corrected chi connectivity index (χ4v) is 2.90. The van der Waals surface area contributed by atoms with Gasteiger partial charge in [0.25, 0.3) is 0 Å². The Hall–Kier alpha value is -0.340. The molecule has 1 heterocycles. The molecule has 2 unspecified atom stereocenters. The lowest BCUT2D eigenvalue weighted by molar-refractivity contribution is -0.202. The third-order valence-electron chi connectivity index (χ3n) is 3.44. The van der Waals surface area contributed by atoms with Gasteiger partial charge >= 0.3 is 0 Å². The van der Waals surface area contributed by atoms with Crippen LogP contribution in [0.3, 0.4) is 0 Å². The monoisotopic (exact) mass is 166 g/mol. The molecule has 1 saturated heterocycles. The van der Waals surface area contributed by atoms with Gasteiger partial charge in [0.15, 0.2) is 5.79 Å². The van der Waals surface area contributed by atoms with Crippen LogP contribution in [0.1, 0.15) is 19.3 Å². The van der Waals surface area contributed by atoms with Crippen molar-refractivity contribution >= 4 is 0 Å². The maximum absolute atomic E-state index is 5.79. The van der Waals surface area contributed by atoms with Gasteiger partial charge < -0.3 is 9.47 Å². The zero-order valence-electron chi connectivity index (χ0n) is 7.16. The number of rotatable bonds is 0. The molecule has 0 aromatic carbocycles. The topological polar surface area (TPSA) is 18.5 Å². The van der Waals surface area contributed by atoms with Crippen LogP contribution in [0, 0.1) is 11.8 Å². The lowest BCUT2D eigenvalue weighted by Crippen LogP contribution is -2.41. The summed E-state index contributed by atoms with van der Waals surface area (Å²) in [5.41, 5.74) is 0. The van der Waals surface area contributed by atoms with Gasteiger partial charge in [0.05, 0.1) is 13.2 Å². The Labute approximate surface area is 72.5 Å². The summed E-state index contributed by atoms with van der Waals surface area (Å²) in [6, 6.07) is 0. The molecule has 2 nitrogen and oxygen atoms in total. The first-order valence-electron chi connectivity index (χ1n) is 4.86. The van der Waals surface area contributed by atoms with Gasteiger partial charge in [0.2, 0.25) is 0 Å². The summed E-state index contributed by atoms with van der Waals surface area (Å²) in [7, 11) is 0. The van der Waals surface area contributed by atoms with Crippen molar-refractivity contribution in [2.75, 3.05) is 13.2 Å². The molecule has 0 radical (unpaired) electrons. The second-order valence-corrected chi connectivity index (χ2v) is 3.96. The van der Waals surface area contributed by atoms with E-state index in [9.17, 15) is 0 Å². The standard InChI is InChI=1S/C10H14O2/c1-2-8-4-5-9(3-1)10(8)11-6-7-12-10/h1-2,8-9H,3-7H2. The Morgan fingerprint density at radius 2 is 2.00 bits per heavy atom. The summed E-state index contributed by atoms with van der Waals surface area (Å²) >= 11 is 0. The molecule has 0 N–H and O–H groups in total. The SMILES string of the molecule is C1=CC2CCC(C1)C21OCCO1. The van der Waals surface area contributed by atoms with Gasteiger partial charge in [-0.15, -0.1) is 0 Å². The van der Waals surface area contributed by atoms with E-state index in [1.165, 1.54) is 12.8 Å². The van der Waals surface area contributed by atoms with Crippen molar-refractivity contribution in [2.24, 2.45) is 11.8 Å². The van der Waals surface area contributed by atoms with E-state index in [2.05, 4.69) is 12.2 Å². The van der Waals surface area contributed by atoms with Crippen molar-refractivity contribution in [2.45, 2.75) is 25.0 Å². The molecule has 2 bridgehead atoms. The van der Waals surface area contributed by atoms with Crippen LogP contribution in [-0.2, 0) is 9.47 Å². The van der Waals surface area contributed by atoms with E-state index in [4.69, 9.17) is 9.47 Å². The van der Waals surface area contributed by atoms with Crippen LogP contribution in [0.4, 0.5) is 0 Å². The molecule has 2 heteroatoms. The molecule has 0 aromatic heterocycles. The van der Waals surface area contributed by atoms with Gasteiger partial charge in [-0.3, -0.25) is 0 Å². The molecular weight excluding hydrogens is 152 g/mol. The average molecular weight is 166 g/mol. The van der Waals surface area contributed by atoms with Crippen molar-refractivity contribution in [3.8, 4) is 0 Å². The zero-order valence-corrected chi connectivity index (χ0v) is 7.16. The van der Waals surface area contributed by atoms with Crippen molar-refractivity contribution in [1.82, 2.24) is 0 Å². The van der Waals surface area contributed by atoms with Gasteiger partial charge in [-0.1, -0.05) is 12.2 Å². The van der Waals surface area contributed by atoms with E-state index in [1.807, 2.05) is 0 Å². The molecule has 2 fully saturated rings. The fraction of sp³-hybridized carbons (Fsp3) is 0.800. The third kappa shape index (κ3) is 0.723. The predicted molar refractivity (Wildman–Crippen MR) is 44.6 cm³/mol. The molecule has 0 aromatic rings. The molecule has 2 atom stereocenters. The Morgan fingerprint density at radius 3 is 2.75 bits per heavy atom. The minimum absolute atomic E-state index is 0.186. The van der Waals surface area contributed by atoms with E-state index in [0.717, 1.165) is 19.6 Å². The van der Waals surface area contributed by atoms with E-state index in [-0.39, 0.29) is 5.79 Å². The van der Waals surface area contributed by atoms with Crippen LogP contribution in [0.15, 0.2) is 12.2 Å². The Bertz CT molecular complexity index is 216. The van der Waals surface area contributed by atoms with Crippen LogP contribution < -0.4 is 0 Å². The van der Waals surface area contributed by atoms with Gasteiger partial charge in [0.1, 0.15) is 0 Å². The minimum Gasteiger partial charge on any atom is -0.347 e. The number of hydrogen-bond donors (Lipinski definition) is 0. The maximum atomic E-state index is 5.79. The summed E-state index contributed by atoms with van der Waals surface area (Å²) < 4.78 is 11.6. The average Bonchev–Trinajstić information content (AvgIpc) is 2.59. The van der Waals surface area contributed by atoms with Crippen LogP contribution in [0.25, 0.3) is 0 Å². The fourth-order valence-electron chi connectivity index (χ4n) is 2.90. The molecular formula is C10H14O2. The van der Waals surface area contributed by atoms with E-state index in [0.29, 0.717) is 11.8 Å². The van der Waals surface area contributed by atoms with Crippen molar-refractivity contribution in [1.29, 1.82) is 0 Å². The normalized spacial score (nSPS) is 42.7. The summed E-state index contributed by atoms with van der Waals surface area (Å²) in [6.45, 7) is 1.58. The number of hydrogen-bond acceptors (Lipinski definition) is 2. The summed E-state index contributed by atoms with van der Waals surface area (Å²) in [4.78, 5) is 0.